The Morgan fingerprint density at radius 2 is 1.62 bits per heavy atom. The van der Waals surface area contributed by atoms with Crippen molar-refractivity contribution in [2.24, 2.45) is 0 Å². The van der Waals surface area contributed by atoms with Crippen molar-refractivity contribution in [3.8, 4) is 0 Å². The summed E-state index contributed by atoms with van der Waals surface area (Å²) in [5.41, 5.74) is 1.18. The highest BCUT2D eigenvalue weighted by Gasteiger charge is 2.55. The molecular weight excluding hydrogens is 630 g/mol. The number of carbonyl (C=O) groups excluding carboxylic acids is 2. The zero-order valence-electron chi connectivity index (χ0n) is 24.4. The summed E-state index contributed by atoms with van der Waals surface area (Å²) in [7, 11) is -4.67. The average molecular weight is 661 g/mol. The molecule has 0 aliphatic carbocycles. The molecule has 2 aliphatic rings. The van der Waals surface area contributed by atoms with Crippen LogP contribution in [0.2, 0.25) is 5.02 Å². The van der Waals surface area contributed by atoms with Gasteiger partial charge in [0.25, 0.3) is 0 Å². The first kappa shape index (κ1) is 32.3. The van der Waals surface area contributed by atoms with Gasteiger partial charge in [-0.2, -0.15) is 4.31 Å². The van der Waals surface area contributed by atoms with Crippen molar-refractivity contribution in [3.05, 3.63) is 101 Å². The first-order chi connectivity index (χ1) is 21.3. The molecule has 0 bridgehead atoms. The lowest BCUT2D eigenvalue weighted by atomic mass is 9.96. The Morgan fingerprint density at radius 1 is 0.956 bits per heavy atom. The van der Waals surface area contributed by atoms with E-state index in [-0.39, 0.29) is 25.6 Å². The van der Waals surface area contributed by atoms with Gasteiger partial charge >= 0.3 is 6.09 Å². The van der Waals surface area contributed by atoms with Crippen LogP contribution in [0.1, 0.15) is 25.0 Å². The molecule has 2 heterocycles. The van der Waals surface area contributed by atoms with Crippen molar-refractivity contribution in [1.29, 1.82) is 0 Å². The van der Waals surface area contributed by atoms with Crippen LogP contribution in [0.25, 0.3) is 0 Å². The monoisotopic (exact) mass is 660 g/mol. The molecule has 3 aromatic carbocycles. The predicted molar refractivity (Wildman–Crippen MR) is 160 cm³/mol. The van der Waals surface area contributed by atoms with E-state index >= 15 is 0 Å². The van der Waals surface area contributed by atoms with E-state index in [9.17, 15) is 36.7 Å². The van der Waals surface area contributed by atoms with Crippen LogP contribution < -0.4 is 0 Å². The van der Waals surface area contributed by atoms with Crippen molar-refractivity contribution >= 4 is 39.5 Å². The molecule has 3 atom stereocenters. The van der Waals surface area contributed by atoms with Crippen LogP contribution in [0.5, 0.6) is 0 Å². The van der Waals surface area contributed by atoms with E-state index in [1.54, 1.807) is 68.4 Å². The van der Waals surface area contributed by atoms with E-state index in [2.05, 4.69) is 0 Å². The molecule has 1 N–H and O–H groups in total. The Hall–Kier alpha value is -4.07. The molecule has 10 nitrogen and oxygen atoms in total. The molecule has 0 spiro atoms. The van der Waals surface area contributed by atoms with Gasteiger partial charge in [0.05, 0.1) is 11.4 Å². The molecule has 0 saturated carbocycles. The molecule has 3 amide bonds. The van der Waals surface area contributed by atoms with E-state index in [1.165, 1.54) is 4.90 Å². The molecule has 14 heteroatoms. The normalized spacial score (nSPS) is 20.8. The van der Waals surface area contributed by atoms with Gasteiger partial charge in [0.1, 0.15) is 18.2 Å². The van der Waals surface area contributed by atoms with Crippen molar-refractivity contribution in [2.75, 3.05) is 13.1 Å². The van der Waals surface area contributed by atoms with Crippen molar-refractivity contribution in [1.82, 2.24) is 19.0 Å². The second-order valence-corrected chi connectivity index (χ2v) is 13.5. The molecule has 3 aromatic rings. The van der Waals surface area contributed by atoms with Gasteiger partial charge in [-0.05, 0) is 55.3 Å². The maximum absolute atomic E-state index is 14.4. The molecule has 0 aromatic heterocycles. The zero-order valence-corrected chi connectivity index (χ0v) is 26.0. The fourth-order valence-electron chi connectivity index (χ4n) is 5.79. The second kappa shape index (κ2) is 12.7. The maximum Gasteiger partial charge on any atom is 0.408 e. The van der Waals surface area contributed by atoms with Crippen LogP contribution >= 0.6 is 11.6 Å². The Labute approximate surface area is 264 Å². The summed E-state index contributed by atoms with van der Waals surface area (Å²) in [6.45, 7) is 2.41. The predicted octanol–water partition coefficient (Wildman–Crippen LogP) is 4.19. The van der Waals surface area contributed by atoms with Gasteiger partial charge in [-0.25, -0.2) is 22.0 Å². The Balaban J connectivity index is 1.66. The molecule has 2 saturated heterocycles. The number of rotatable bonds is 8. The van der Waals surface area contributed by atoms with E-state index in [1.807, 2.05) is 0 Å². The maximum atomic E-state index is 14.4. The summed E-state index contributed by atoms with van der Waals surface area (Å²) in [4.78, 5) is 43.8. The molecule has 238 valence electrons. The minimum Gasteiger partial charge on any atom is -0.465 e. The van der Waals surface area contributed by atoms with Crippen LogP contribution in [-0.2, 0) is 32.6 Å². The number of benzene rings is 3. The van der Waals surface area contributed by atoms with Crippen LogP contribution in [0.3, 0.4) is 0 Å². The van der Waals surface area contributed by atoms with E-state index in [4.69, 9.17) is 11.6 Å². The minimum absolute atomic E-state index is 0.0149. The highest BCUT2D eigenvalue weighted by molar-refractivity contribution is 7.89. The lowest BCUT2D eigenvalue weighted by molar-refractivity contribution is -0.171. The van der Waals surface area contributed by atoms with Gasteiger partial charge in [0.2, 0.25) is 21.8 Å². The standard InChI is InChI=1S/C31H31ClF2N4O6S/c1-19(2)35-18-28-37(45(43,44)23-12-13-24(33)25(34)15-23)17-27(36(31(41)42)16-21-6-4-3-5-7-21)30(40)38(28)26(29(35)39)14-20-8-10-22(32)11-9-20/h3-13,15,19,26-28H,14,16-18H2,1-2H3,(H,41,42). The summed E-state index contributed by atoms with van der Waals surface area (Å²) in [5, 5.41) is 10.7. The Kier molecular flexibility index (Phi) is 9.15. The molecule has 45 heavy (non-hydrogen) atoms. The molecule has 2 fully saturated rings. The summed E-state index contributed by atoms with van der Waals surface area (Å²) in [6, 6.07) is 14.0. The number of hydrogen-bond donors (Lipinski definition) is 1. The molecule has 2 aliphatic heterocycles. The van der Waals surface area contributed by atoms with Gasteiger partial charge in [-0.3, -0.25) is 14.5 Å². The fourth-order valence-corrected chi connectivity index (χ4v) is 7.51. The third kappa shape index (κ3) is 6.37. The first-order valence-corrected chi connectivity index (χ1v) is 16.0. The molecule has 3 unspecified atom stereocenters. The van der Waals surface area contributed by atoms with E-state index in [0.29, 0.717) is 28.3 Å². The van der Waals surface area contributed by atoms with Gasteiger partial charge in [-0.15, -0.1) is 0 Å². The summed E-state index contributed by atoms with van der Waals surface area (Å²) >= 11 is 6.06. The average Bonchev–Trinajstić information content (AvgIpc) is 3.00. The number of sulfonamides is 1. The van der Waals surface area contributed by atoms with Crippen LogP contribution in [-0.4, -0.2) is 87.8 Å². The second-order valence-electron chi connectivity index (χ2n) is 11.2. The van der Waals surface area contributed by atoms with Crippen LogP contribution in [0.15, 0.2) is 77.7 Å². The first-order valence-electron chi connectivity index (χ1n) is 14.2. The lowest BCUT2D eigenvalue weighted by Crippen LogP contribution is -2.76. The third-order valence-corrected chi connectivity index (χ3v) is 10.2. The fraction of sp³-hybridized carbons (Fsp3) is 0.323. The number of nitrogens with zero attached hydrogens (tertiary/aromatic N) is 4. The topological polar surface area (TPSA) is 119 Å². The van der Waals surface area contributed by atoms with Gasteiger partial charge in [0.15, 0.2) is 11.6 Å². The number of piperazine rings is 1. The number of halogens is 3. The molecule has 5 rings (SSSR count). The van der Waals surface area contributed by atoms with Crippen LogP contribution in [0, 0.1) is 11.6 Å². The number of amides is 3. The highest BCUT2D eigenvalue weighted by Crippen LogP contribution is 2.34. The number of hydrogen-bond acceptors (Lipinski definition) is 5. The number of carboxylic acid groups (broad SMARTS) is 1. The number of fused-ring (bicyclic) bond motifs is 1. The van der Waals surface area contributed by atoms with Crippen molar-refractivity contribution in [2.45, 2.75) is 56.0 Å². The SMILES string of the molecule is CC(C)N1CC2N(C(=O)C(N(Cc3ccccc3)C(=O)O)CN2S(=O)(=O)c2ccc(F)c(F)c2)C(Cc2ccc(Cl)cc2)C1=O. The molecular formula is C31H31ClF2N4O6S. The van der Waals surface area contributed by atoms with Gasteiger partial charge < -0.3 is 14.9 Å². The summed E-state index contributed by atoms with van der Waals surface area (Å²) < 4.78 is 57.4. The largest absolute Gasteiger partial charge is 0.465 e. The number of carbonyl (C=O) groups is 3. The zero-order chi connectivity index (χ0) is 32.6. The Bertz CT molecular complexity index is 1710. The Morgan fingerprint density at radius 3 is 2.22 bits per heavy atom. The van der Waals surface area contributed by atoms with Gasteiger partial charge in [-0.1, -0.05) is 54.1 Å². The van der Waals surface area contributed by atoms with Crippen molar-refractivity contribution < 1.29 is 36.7 Å². The smallest absolute Gasteiger partial charge is 0.408 e. The third-order valence-electron chi connectivity index (χ3n) is 8.09. The van der Waals surface area contributed by atoms with E-state index < -0.39 is 69.3 Å². The van der Waals surface area contributed by atoms with Gasteiger partial charge in [0, 0.05) is 30.6 Å². The minimum atomic E-state index is -4.67. The summed E-state index contributed by atoms with van der Waals surface area (Å²) in [5.74, 6) is -3.83. The quantitative estimate of drug-likeness (QED) is 0.387. The van der Waals surface area contributed by atoms with Crippen LogP contribution in [0.4, 0.5) is 13.6 Å². The van der Waals surface area contributed by atoms with Crippen molar-refractivity contribution in [3.63, 3.8) is 0 Å². The summed E-state index contributed by atoms with van der Waals surface area (Å²) in [6.07, 6.45) is -2.77. The highest BCUT2D eigenvalue weighted by atomic mass is 35.5. The van der Waals surface area contributed by atoms with E-state index in [0.717, 1.165) is 20.2 Å². The lowest BCUT2D eigenvalue weighted by Gasteiger charge is -2.55. The molecule has 0 radical (unpaired) electrons.